The second-order valence-electron chi connectivity index (χ2n) is 11.1. The molecule has 1 unspecified atom stereocenters. The molecule has 43 heavy (non-hydrogen) atoms. The third-order valence-corrected chi connectivity index (χ3v) is 8.48. The minimum Gasteiger partial charge on any atom is -0.504 e. The molecule has 1 aromatic heterocycles. The first-order valence-corrected chi connectivity index (χ1v) is 14.3. The predicted octanol–water partition coefficient (Wildman–Crippen LogP) is 6.92. The molecule has 0 amide bonds. The molecule has 3 aliphatic rings. The van der Waals surface area contributed by atoms with E-state index in [2.05, 4.69) is 30.1 Å². The van der Waals surface area contributed by atoms with E-state index in [4.69, 9.17) is 23.9 Å². The van der Waals surface area contributed by atoms with E-state index < -0.39 is 0 Å². The van der Waals surface area contributed by atoms with E-state index in [1.165, 1.54) is 12.7 Å². The smallest absolute Gasteiger partial charge is 0.202 e. The lowest BCUT2D eigenvalue weighted by atomic mass is 9.88. The van der Waals surface area contributed by atoms with E-state index >= 15 is 0 Å². The zero-order chi connectivity index (χ0) is 29.7. The summed E-state index contributed by atoms with van der Waals surface area (Å²) in [5.74, 6) is 2.52. The van der Waals surface area contributed by atoms with Crippen LogP contribution in [-0.4, -0.2) is 47.9 Å². The summed E-state index contributed by atoms with van der Waals surface area (Å²) < 4.78 is 24.1. The van der Waals surface area contributed by atoms with Gasteiger partial charge in [-0.25, -0.2) is 0 Å². The van der Waals surface area contributed by atoms with Gasteiger partial charge in [-0.2, -0.15) is 0 Å². The van der Waals surface area contributed by atoms with Crippen molar-refractivity contribution in [2.45, 2.75) is 25.3 Å². The Labute approximate surface area is 249 Å². The van der Waals surface area contributed by atoms with Gasteiger partial charge in [0, 0.05) is 25.2 Å². The zero-order valence-electron chi connectivity index (χ0n) is 24.3. The van der Waals surface area contributed by atoms with E-state index in [1.807, 2.05) is 36.4 Å². The van der Waals surface area contributed by atoms with Crippen molar-refractivity contribution in [2.75, 3.05) is 27.8 Å². The van der Waals surface area contributed by atoms with Gasteiger partial charge in [0.15, 0.2) is 34.5 Å². The second kappa shape index (κ2) is 10.7. The summed E-state index contributed by atoms with van der Waals surface area (Å²) in [7, 11) is 5.28. The van der Waals surface area contributed by atoms with Crippen LogP contribution in [0.3, 0.4) is 0 Å². The molecule has 218 valence electrons. The third kappa shape index (κ3) is 4.83. The fourth-order valence-corrected chi connectivity index (χ4v) is 6.17. The van der Waals surface area contributed by atoms with Crippen LogP contribution in [0.15, 0.2) is 72.9 Å². The number of nitrogens with zero attached hydrogens (tertiary/aromatic N) is 2. The molecule has 8 heteroatoms. The average Bonchev–Trinajstić information content (AvgIpc) is 3.01. The highest BCUT2D eigenvalue weighted by Gasteiger charge is 2.29. The van der Waals surface area contributed by atoms with E-state index in [-0.39, 0.29) is 23.3 Å². The van der Waals surface area contributed by atoms with Crippen LogP contribution in [-0.2, 0) is 19.3 Å². The van der Waals surface area contributed by atoms with Gasteiger partial charge in [-0.3, -0.25) is 9.88 Å². The van der Waals surface area contributed by atoms with Gasteiger partial charge >= 0.3 is 0 Å². The minimum absolute atomic E-state index is 0.0430. The van der Waals surface area contributed by atoms with E-state index in [0.717, 1.165) is 41.5 Å². The number of pyridine rings is 1. The van der Waals surface area contributed by atoms with Crippen molar-refractivity contribution < 1.29 is 29.2 Å². The second-order valence-corrected chi connectivity index (χ2v) is 11.1. The first kappa shape index (κ1) is 26.9. The highest BCUT2D eigenvalue weighted by Crippen LogP contribution is 2.49. The normalized spacial score (nSPS) is 16.1. The van der Waals surface area contributed by atoms with Gasteiger partial charge in [-0.05, 0) is 96.1 Å². The Balaban J connectivity index is 1.48. The number of likely N-dealkylation sites (N-methyl/N-ethyl adjacent to an activating group) is 1. The highest BCUT2D eigenvalue weighted by atomic mass is 16.5. The molecule has 8 rings (SSSR count). The molecule has 2 N–H and O–H groups in total. The molecule has 3 aliphatic heterocycles. The number of phenols is 2. The van der Waals surface area contributed by atoms with Crippen molar-refractivity contribution in [2.24, 2.45) is 0 Å². The van der Waals surface area contributed by atoms with Crippen molar-refractivity contribution in [3.8, 4) is 46.0 Å². The van der Waals surface area contributed by atoms with Crippen molar-refractivity contribution in [1.82, 2.24) is 9.88 Å². The standard InChI is InChI=1S/C35H32N2O6/c1-37-13-11-22-17-30(40-2)31-19-25(22)27(37)15-20-4-7-24(8-5-20)42-29-16-21(6-9-28(29)38)14-26-33-23(10-12-36-26)18-32(41-3)34(39)35(33)43-31/h4-10,12,16-19,27,38-39H,11,13-15H2,1-3H3. The maximum atomic E-state index is 11.4. The summed E-state index contributed by atoms with van der Waals surface area (Å²) in [6.45, 7) is 0.911. The first-order valence-electron chi connectivity index (χ1n) is 14.3. The minimum atomic E-state index is -0.124. The van der Waals surface area contributed by atoms with Gasteiger partial charge in [0.1, 0.15) is 5.75 Å². The number of rotatable bonds is 2. The van der Waals surface area contributed by atoms with Gasteiger partial charge in [-0.1, -0.05) is 18.2 Å². The van der Waals surface area contributed by atoms with Crippen LogP contribution in [0.5, 0.6) is 46.0 Å². The zero-order valence-corrected chi connectivity index (χ0v) is 24.3. The molecular weight excluding hydrogens is 544 g/mol. The van der Waals surface area contributed by atoms with Crippen LogP contribution in [0.4, 0.5) is 0 Å². The molecule has 0 aliphatic carbocycles. The van der Waals surface area contributed by atoms with Crippen molar-refractivity contribution in [3.63, 3.8) is 0 Å². The van der Waals surface area contributed by atoms with Crippen LogP contribution >= 0.6 is 0 Å². The number of benzene rings is 4. The molecule has 0 fully saturated rings. The third-order valence-electron chi connectivity index (χ3n) is 8.48. The maximum absolute atomic E-state index is 11.4. The van der Waals surface area contributed by atoms with E-state index in [9.17, 15) is 10.2 Å². The van der Waals surface area contributed by atoms with Crippen molar-refractivity contribution in [1.29, 1.82) is 0 Å². The number of aromatic hydroxyl groups is 2. The topological polar surface area (TPSA) is 93.5 Å². The summed E-state index contributed by atoms with van der Waals surface area (Å²) in [5, 5.41) is 23.5. The lowest BCUT2D eigenvalue weighted by Gasteiger charge is -2.35. The largest absolute Gasteiger partial charge is 0.504 e. The predicted molar refractivity (Wildman–Crippen MR) is 163 cm³/mol. The lowest BCUT2D eigenvalue weighted by molar-refractivity contribution is 0.228. The number of hydrogen-bond donors (Lipinski definition) is 2. The Morgan fingerprint density at radius 2 is 1.65 bits per heavy atom. The summed E-state index contributed by atoms with van der Waals surface area (Å²) in [5.41, 5.74) is 5.06. The van der Waals surface area contributed by atoms with Crippen LogP contribution in [0, 0.1) is 0 Å². The lowest BCUT2D eigenvalue weighted by Crippen LogP contribution is -2.33. The van der Waals surface area contributed by atoms with Gasteiger partial charge in [-0.15, -0.1) is 0 Å². The highest BCUT2D eigenvalue weighted by molar-refractivity contribution is 5.95. The summed E-state index contributed by atoms with van der Waals surface area (Å²) in [6.07, 6.45) is 3.78. The number of methoxy groups -OCH3 is 2. The monoisotopic (exact) mass is 576 g/mol. The SMILES string of the molecule is COc1cc2c3cc1Oc1c(O)c(OC)cc4ccnc(c14)Cc1ccc(O)c(c1)Oc1ccc(cc1)CC3N(C)CC2. The maximum Gasteiger partial charge on any atom is 0.202 e. The van der Waals surface area contributed by atoms with E-state index in [0.29, 0.717) is 46.2 Å². The van der Waals surface area contributed by atoms with Gasteiger partial charge in [0.2, 0.25) is 5.75 Å². The molecule has 8 nitrogen and oxygen atoms in total. The quantitative estimate of drug-likeness (QED) is 0.234. The Bertz CT molecular complexity index is 1850. The summed E-state index contributed by atoms with van der Waals surface area (Å²) in [6, 6.07) is 21.1. The van der Waals surface area contributed by atoms with Gasteiger partial charge in [0.05, 0.1) is 25.3 Å². The van der Waals surface area contributed by atoms with Gasteiger partial charge in [0.25, 0.3) is 0 Å². The molecule has 4 aromatic carbocycles. The Morgan fingerprint density at radius 1 is 0.860 bits per heavy atom. The van der Waals surface area contributed by atoms with Crippen LogP contribution in [0.2, 0.25) is 0 Å². The van der Waals surface area contributed by atoms with Crippen molar-refractivity contribution >= 4 is 10.8 Å². The molecule has 6 bridgehead atoms. The number of phenolic OH excluding ortho intramolecular Hbond substituents is 2. The molecule has 1 atom stereocenters. The van der Waals surface area contributed by atoms with Gasteiger partial charge < -0.3 is 29.2 Å². The van der Waals surface area contributed by atoms with Crippen LogP contribution in [0.1, 0.15) is 34.0 Å². The number of ether oxygens (including phenoxy) is 4. The molecule has 0 spiro atoms. The molecule has 0 radical (unpaired) electrons. The number of aromatic nitrogens is 1. The fourth-order valence-electron chi connectivity index (χ4n) is 6.17. The molecular formula is C35H32N2O6. The van der Waals surface area contributed by atoms with Crippen LogP contribution in [0.25, 0.3) is 10.8 Å². The summed E-state index contributed by atoms with van der Waals surface area (Å²) >= 11 is 0. The average molecular weight is 577 g/mol. The molecule has 5 aromatic rings. The van der Waals surface area contributed by atoms with Crippen LogP contribution < -0.4 is 18.9 Å². The fraction of sp³-hybridized carbons (Fsp3) is 0.229. The summed E-state index contributed by atoms with van der Waals surface area (Å²) in [4.78, 5) is 7.06. The molecule has 0 saturated heterocycles. The molecule has 0 saturated carbocycles. The number of hydrogen-bond acceptors (Lipinski definition) is 8. The Hall–Kier alpha value is -4.95. The van der Waals surface area contributed by atoms with E-state index in [1.54, 1.807) is 25.4 Å². The van der Waals surface area contributed by atoms with Crippen molar-refractivity contribution in [3.05, 3.63) is 101 Å². The Kier molecular flexibility index (Phi) is 6.70. The first-order chi connectivity index (χ1) is 20.9. The Morgan fingerprint density at radius 3 is 2.44 bits per heavy atom. The molecule has 4 heterocycles. The number of fused-ring (bicyclic) bond motifs is 2.